The second-order valence-corrected chi connectivity index (χ2v) is 5.83. The monoisotopic (exact) mass is 303 g/mol. The highest BCUT2D eigenvalue weighted by Gasteiger charge is 2.51. The average molecular weight is 304 g/mol. The predicted molar refractivity (Wildman–Crippen MR) is 80.6 cm³/mol. The summed E-state index contributed by atoms with van der Waals surface area (Å²) in [4.78, 5) is 12.4. The number of nitrogens with one attached hydrogen (secondary N) is 1. The molecule has 1 aliphatic rings. The molecule has 1 aliphatic carbocycles. The van der Waals surface area contributed by atoms with Crippen molar-refractivity contribution in [2.24, 2.45) is 0 Å². The summed E-state index contributed by atoms with van der Waals surface area (Å²) in [6.07, 6.45) is 1.62. The van der Waals surface area contributed by atoms with Crippen LogP contribution in [0.2, 0.25) is 5.02 Å². The Morgan fingerprint density at radius 2 is 1.71 bits per heavy atom. The highest BCUT2D eigenvalue weighted by atomic mass is 35.5. The van der Waals surface area contributed by atoms with Crippen LogP contribution in [0.25, 0.3) is 0 Å². The molecule has 1 fully saturated rings. The van der Waals surface area contributed by atoms with Crippen LogP contribution in [-0.4, -0.2) is 5.91 Å². The molecule has 0 bridgehead atoms. The number of benzene rings is 2. The van der Waals surface area contributed by atoms with Crippen molar-refractivity contribution in [1.82, 2.24) is 5.32 Å². The molecule has 2 nitrogen and oxygen atoms in total. The minimum atomic E-state index is -0.472. The standard InChI is InChI=1S/C17H15ClFNO/c18-14-5-1-12(2-6-14)11-20-16(21)17(9-10-17)13-3-7-15(19)8-4-13/h1-8H,9-11H2,(H,20,21). The molecule has 1 amide bonds. The van der Waals surface area contributed by atoms with E-state index in [1.165, 1.54) is 12.1 Å². The van der Waals surface area contributed by atoms with Gasteiger partial charge >= 0.3 is 0 Å². The van der Waals surface area contributed by atoms with Gasteiger partial charge < -0.3 is 5.32 Å². The molecule has 0 unspecified atom stereocenters. The van der Waals surface area contributed by atoms with E-state index in [1.54, 1.807) is 24.3 Å². The fourth-order valence-corrected chi connectivity index (χ4v) is 2.62. The molecular weight excluding hydrogens is 289 g/mol. The van der Waals surface area contributed by atoms with Crippen LogP contribution in [-0.2, 0) is 16.8 Å². The Bertz CT molecular complexity index is 647. The quantitative estimate of drug-likeness (QED) is 0.914. The predicted octanol–water partition coefficient (Wildman–Crippen LogP) is 3.83. The molecule has 2 aromatic rings. The number of hydrogen-bond donors (Lipinski definition) is 1. The Morgan fingerprint density at radius 1 is 1.10 bits per heavy atom. The fourth-order valence-electron chi connectivity index (χ4n) is 2.49. The van der Waals surface area contributed by atoms with Crippen LogP contribution in [0.15, 0.2) is 48.5 Å². The molecule has 0 radical (unpaired) electrons. The van der Waals surface area contributed by atoms with E-state index in [9.17, 15) is 9.18 Å². The summed E-state index contributed by atoms with van der Waals surface area (Å²) in [6, 6.07) is 13.6. The van der Waals surface area contributed by atoms with Crippen LogP contribution in [0.5, 0.6) is 0 Å². The average Bonchev–Trinajstić information content (AvgIpc) is 3.29. The van der Waals surface area contributed by atoms with Crippen molar-refractivity contribution in [2.75, 3.05) is 0 Å². The maximum Gasteiger partial charge on any atom is 0.230 e. The summed E-state index contributed by atoms with van der Waals surface area (Å²) < 4.78 is 13.0. The van der Waals surface area contributed by atoms with Crippen LogP contribution < -0.4 is 5.32 Å². The smallest absolute Gasteiger partial charge is 0.230 e. The minimum Gasteiger partial charge on any atom is -0.351 e. The first kappa shape index (κ1) is 14.1. The highest BCUT2D eigenvalue weighted by molar-refractivity contribution is 6.30. The third kappa shape index (κ3) is 2.93. The summed E-state index contributed by atoms with van der Waals surface area (Å²) in [7, 11) is 0. The third-order valence-electron chi connectivity index (χ3n) is 3.95. The molecule has 0 aliphatic heterocycles. The van der Waals surface area contributed by atoms with Crippen LogP contribution in [0.4, 0.5) is 4.39 Å². The van der Waals surface area contributed by atoms with Crippen molar-refractivity contribution in [3.63, 3.8) is 0 Å². The number of carbonyl (C=O) groups excluding carboxylic acids is 1. The molecule has 0 atom stereocenters. The van der Waals surface area contributed by atoms with Gasteiger partial charge in [-0.1, -0.05) is 35.9 Å². The second kappa shape index (κ2) is 5.49. The van der Waals surface area contributed by atoms with Gasteiger partial charge in [-0.15, -0.1) is 0 Å². The highest BCUT2D eigenvalue weighted by Crippen LogP contribution is 2.48. The zero-order valence-corrected chi connectivity index (χ0v) is 12.2. The Hall–Kier alpha value is -1.87. The maximum absolute atomic E-state index is 13.0. The SMILES string of the molecule is O=C(NCc1ccc(Cl)cc1)C1(c2ccc(F)cc2)CC1. The van der Waals surface area contributed by atoms with Crippen LogP contribution >= 0.6 is 11.6 Å². The molecule has 0 heterocycles. The Kier molecular flexibility index (Phi) is 3.68. The largest absolute Gasteiger partial charge is 0.351 e. The summed E-state index contributed by atoms with van der Waals surface area (Å²) in [6.45, 7) is 0.471. The van der Waals surface area contributed by atoms with Gasteiger partial charge in [-0.3, -0.25) is 4.79 Å². The molecule has 2 aromatic carbocycles. The van der Waals surface area contributed by atoms with Gasteiger partial charge in [-0.25, -0.2) is 4.39 Å². The second-order valence-electron chi connectivity index (χ2n) is 5.40. The summed E-state index contributed by atoms with van der Waals surface area (Å²) in [5.41, 5.74) is 1.42. The molecule has 21 heavy (non-hydrogen) atoms. The first-order chi connectivity index (χ1) is 10.1. The first-order valence-electron chi connectivity index (χ1n) is 6.89. The van der Waals surface area contributed by atoms with E-state index >= 15 is 0 Å². The van der Waals surface area contributed by atoms with E-state index < -0.39 is 5.41 Å². The molecule has 1 saturated carbocycles. The van der Waals surface area contributed by atoms with Crippen molar-refractivity contribution in [3.8, 4) is 0 Å². The molecule has 0 saturated heterocycles. The Labute approximate surface area is 127 Å². The maximum atomic E-state index is 13.0. The zero-order valence-electron chi connectivity index (χ0n) is 11.4. The summed E-state index contributed by atoms with van der Waals surface area (Å²) in [5.74, 6) is -0.278. The van der Waals surface area contributed by atoms with E-state index in [1.807, 2.05) is 12.1 Å². The lowest BCUT2D eigenvalue weighted by Crippen LogP contribution is -2.34. The minimum absolute atomic E-state index is 0.00376. The zero-order chi connectivity index (χ0) is 14.9. The third-order valence-corrected chi connectivity index (χ3v) is 4.20. The van der Waals surface area contributed by atoms with Crippen molar-refractivity contribution >= 4 is 17.5 Å². The number of carbonyl (C=O) groups is 1. The van der Waals surface area contributed by atoms with Gasteiger partial charge in [-0.05, 0) is 48.2 Å². The Morgan fingerprint density at radius 3 is 2.29 bits per heavy atom. The van der Waals surface area contributed by atoms with Crippen LogP contribution in [0.1, 0.15) is 24.0 Å². The molecule has 4 heteroatoms. The van der Waals surface area contributed by atoms with Gasteiger partial charge in [0.2, 0.25) is 5.91 Å². The lowest BCUT2D eigenvalue weighted by molar-refractivity contribution is -0.123. The molecule has 3 rings (SSSR count). The van der Waals surface area contributed by atoms with Gasteiger partial charge in [0.05, 0.1) is 5.41 Å². The number of amides is 1. The first-order valence-corrected chi connectivity index (χ1v) is 7.27. The lowest BCUT2D eigenvalue weighted by Gasteiger charge is -2.16. The van der Waals surface area contributed by atoms with Gasteiger partial charge in [0.15, 0.2) is 0 Å². The lowest BCUT2D eigenvalue weighted by atomic mass is 9.95. The van der Waals surface area contributed by atoms with Crippen molar-refractivity contribution in [2.45, 2.75) is 24.8 Å². The fraction of sp³-hybridized carbons (Fsp3) is 0.235. The molecule has 1 N–H and O–H groups in total. The molecule has 0 aromatic heterocycles. The molecule has 0 spiro atoms. The van der Waals surface area contributed by atoms with Crippen molar-refractivity contribution in [3.05, 3.63) is 70.5 Å². The molecular formula is C17H15ClFNO. The van der Waals surface area contributed by atoms with E-state index in [2.05, 4.69) is 5.32 Å². The number of rotatable bonds is 4. The van der Waals surface area contributed by atoms with E-state index in [-0.39, 0.29) is 11.7 Å². The summed E-state index contributed by atoms with van der Waals surface area (Å²) in [5, 5.41) is 3.63. The normalized spacial score (nSPS) is 15.5. The molecule has 108 valence electrons. The number of hydrogen-bond acceptors (Lipinski definition) is 1. The van der Waals surface area contributed by atoms with Gasteiger partial charge in [0.1, 0.15) is 5.82 Å². The summed E-state index contributed by atoms with van der Waals surface area (Å²) >= 11 is 5.83. The van der Waals surface area contributed by atoms with E-state index in [0.29, 0.717) is 11.6 Å². The van der Waals surface area contributed by atoms with E-state index in [0.717, 1.165) is 24.0 Å². The van der Waals surface area contributed by atoms with E-state index in [4.69, 9.17) is 11.6 Å². The van der Waals surface area contributed by atoms with Gasteiger partial charge in [-0.2, -0.15) is 0 Å². The van der Waals surface area contributed by atoms with Gasteiger partial charge in [0, 0.05) is 11.6 Å². The van der Waals surface area contributed by atoms with Crippen molar-refractivity contribution in [1.29, 1.82) is 0 Å². The van der Waals surface area contributed by atoms with Crippen LogP contribution in [0, 0.1) is 5.82 Å². The van der Waals surface area contributed by atoms with Gasteiger partial charge in [0.25, 0.3) is 0 Å². The topological polar surface area (TPSA) is 29.1 Å². The van der Waals surface area contributed by atoms with Crippen LogP contribution in [0.3, 0.4) is 0 Å². The number of halogens is 2. The Balaban J connectivity index is 1.67. The van der Waals surface area contributed by atoms with Crippen molar-refractivity contribution < 1.29 is 9.18 Å².